The molecule has 2 aliphatic rings. The van der Waals surface area contributed by atoms with Crippen LogP contribution in [-0.2, 0) is 6.54 Å². The van der Waals surface area contributed by atoms with Crippen LogP contribution in [0.3, 0.4) is 0 Å². The summed E-state index contributed by atoms with van der Waals surface area (Å²) in [4.78, 5) is 4.54. The van der Waals surface area contributed by atoms with Crippen LogP contribution in [0.5, 0.6) is 0 Å². The molecule has 0 bridgehead atoms. The second kappa shape index (κ2) is 5.17. The molecule has 1 atom stereocenters. The first-order valence-corrected chi connectivity index (χ1v) is 7.01. The van der Waals surface area contributed by atoms with Gasteiger partial charge in [0, 0.05) is 51.6 Å². The van der Waals surface area contributed by atoms with Gasteiger partial charge in [-0.2, -0.15) is 0 Å². The Balaban J connectivity index is 1.61. The van der Waals surface area contributed by atoms with Crippen LogP contribution >= 0.6 is 0 Å². The number of fused-ring (bicyclic) bond motifs is 1. The van der Waals surface area contributed by atoms with Gasteiger partial charge in [-0.1, -0.05) is 30.3 Å². The normalized spacial score (nSPS) is 28.0. The minimum atomic E-state index is -2.46. The zero-order valence-electron chi connectivity index (χ0n) is 11.1. The van der Waals surface area contributed by atoms with Crippen LogP contribution in [0.2, 0.25) is 0 Å². The number of benzene rings is 1. The van der Waals surface area contributed by atoms with Crippen LogP contribution < -0.4 is 0 Å². The Kier molecular flexibility index (Phi) is 3.54. The molecule has 0 amide bonds. The van der Waals surface area contributed by atoms with Crippen molar-refractivity contribution in [1.29, 1.82) is 0 Å². The van der Waals surface area contributed by atoms with Crippen molar-refractivity contribution in [3.8, 4) is 0 Å². The summed E-state index contributed by atoms with van der Waals surface area (Å²) in [5.74, 6) is -2.46. The van der Waals surface area contributed by atoms with E-state index in [4.69, 9.17) is 0 Å². The maximum Gasteiger partial charge on any atom is 0.250 e. The third-order valence-corrected chi connectivity index (χ3v) is 4.24. The second-order valence-corrected chi connectivity index (χ2v) is 5.72. The van der Waals surface area contributed by atoms with Crippen LogP contribution in [-0.4, -0.2) is 47.9 Å². The average Bonchev–Trinajstić information content (AvgIpc) is 2.38. The van der Waals surface area contributed by atoms with Crippen molar-refractivity contribution in [1.82, 2.24) is 9.80 Å². The molecule has 0 aliphatic carbocycles. The van der Waals surface area contributed by atoms with E-state index in [2.05, 4.69) is 21.9 Å². The van der Waals surface area contributed by atoms with Gasteiger partial charge in [-0.05, 0) is 5.56 Å². The standard InChI is InChI=1S/C15H20F2N2/c16-15(17)6-7-19-9-8-18(12-14(19)10-15)11-13-4-2-1-3-5-13/h1-5,14H,6-12H2. The van der Waals surface area contributed by atoms with E-state index in [0.717, 1.165) is 26.2 Å². The van der Waals surface area contributed by atoms with E-state index in [1.807, 2.05) is 18.2 Å². The van der Waals surface area contributed by atoms with E-state index in [1.165, 1.54) is 5.56 Å². The van der Waals surface area contributed by atoms with Crippen LogP contribution in [0, 0.1) is 0 Å². The molecule has 2 fully saturated rings. The van der Waals surface area contributed by atoms with Crippen molar-refractivity contribution in [2.24, 2.45) is 0 Å². The smallest absolute Gasteiger partial charge is 0.250 e. The first kappa shape index (κ1) is 13.0. The quantitative estimate of drug-likeness (QED) is 0.812. The Labute approximate surface area is 113 Å². The summed E-state index contributed by atoms with van der Waals surface area (Å²) in [5, 5.41) is 0. The second-order valence-electron chi connectivity index (χ2n) is 5.72. The maximum absolute atomic E-state index is 13.5. The fourth-order valence-electron chi connectivity index (χ4n) is 3.18. The fraction of sp³-hybridized carbons (Fsp3) is 0.600. The predicted molar refractivity (Wildman–Crippen MR) is 71.3 cm³/mol. The van der Waals surface area contributed by atoms with Crippen LogP contribution in [0.25, 0.3) is 0 Å². The largest absolute Gasteiger partial charge is 0.297 e. The molecular weight excluding hydrogens is 246 g/mol. The number of hydrogen-bond donors (Lipinski definition) is 0. The Bertz CT molecular complexity index is 421. The lowest BCUT2D eigenvalue weighted by Gasteiger charge is -2.46. The summed E-state index contributed by atoms with van der Waals surface area (Å²) in [7, 11) is 0. The van der Waals surface area contributed by atoms with Gasteiger partial charge in [-0.15, -0.1) is 0 Å². The average molecular weight is 266 g/mol. The number of halogens is 2. The van der Waals surface area contributed by atoms with Gasteiger partial charge in [0.05, 0.1) is 0 Å². The fourth-order valence-corrected chi connectivity index (χ4v) is 3.18. The van der Waals surface area contributed by atoms with Gasteiger partial charge in [-0.25, -0.2) is 8.78 Å². The number of nitrogens with zero attached hydrogens (tertiary/aromatic N) is 2. The highest BCUT2D eigenvalue weighted by atomic mass is 19.3. The van der Waals surface area contributed by atoms with E-state index in [-0.39, 0.29) is 18.9 Å². The van der Waals surface area contributed by atoms with Crippen LogP contribution in [0.4, 0.5) is 8.78 Å². The summed E-state index contributed by atoms with van der Waals surface area (Å²) in [5.41, 5.74) is 1.26. The van der Waals surface area contributed by atoms with Gasteiger partial charge < -0.3 is 0 Å². The number of piperidine rings is 1. The number of alkyl halides is 2. The highest BCUT2D eigenvalue weighted by molar-refractivity contribution is 5.14. The Morgan fingerprint density at radius 3 is 2.68 bits per heavy atom. The van der Waals surface area contributed by atoms with Crippen molar-refractivity contribution in [3.63, 3.8) is 0 Å². The van der Waals surface area contributed by atoms with Gasteiger partial charge in [-0.3, -0.25) is 9.80 Å². The predicted octanol–water partition coefficient (Wildman–Crippen LogP) is 2.60. The summed E-state index contributed by atoms with van der Waals surface area (Å²) in [6.07, 6.45) is 0.0560. The van der Waals surface area contributed by atoms with Crippen molar-refractivity contribution in [2.75, 3.05) is 26.2 Å². The molecule has 0 aromatic heterocycles. The van der Waals surface area contributed by atoms with E-state index >= 15 is 0 Å². The maximum atomic E-state index is 13.5. The molecule has 19 heavy (non-hydrogen) atoms. The molecule has 4 heteroatoms. The highest BCUT2D eigenvalue weighted by Gasteiger charge is 2.42. The molecule has 0 N–H and O–H groups in total. The lowest BCUT2D eigenvalue weighted by atomic mass is 9.96. The highest BCUT2D eigenvalue weighted by Crippen LogP contribution is 2.33. The third kappa shape index (κ3) is 3.12. The molecule has 0 saturated carbocycles. The molecule has 1 unspecified atom stereocenters. The lowest BCUT2D eigenvalue weighted by molar-refractivity contribution is -0.0958. The summed E-state index contributed by atoms with van der Waals surface area (Å²) in [6, 6.07) is 10.3. The summed E-state index contributed by atoms with van der Waals surface area (Å²) in [6.45, 7) is 4.10. The monoisotopic (exact) mass is 266 g/mol. The summed E-state index contributed by atoms with van der Waals surface area (Å²) < 4.78 is 27.0. The minimum absolute atomic E-state index is 0.0261. The zero-order valence-corrected chi connectivity index (χ0v) is 11.1. The first-order chi connectivity index (χ1) is 9.12. The molecule has 104 valence electrons. The van der Waals surface area contributed by atoms with Crippen LogP contribution in [0.1, 0.15) is 18.4 Å². The molecule has 2 saturated heterocycles. The van der Waals surface area contributed by atoms with Gasteiger partial charge in [0.1, 0.15) is 0 Å². The van der Waals surface area contributed by atoms with Gasteiger partial charge in [0.15, 0.2) is 0 Å². The number of rotatable bonds is 2. The van der Waals surface area contributed by atoms with E-state index in [9.17, 15) is 8.78 Å². The number of hydrogen-bond acceptors (Lipinski definition) is 2. The van der Waals surface area contributed by atoms with Crippen molar-refractivity contribution in [3.05, 3.63) is 35.9 Å². The molecule has 0 spiro atoms. The van der Waals surface area contributed by atoms with Gasteiger partial charge >= 0.3 is 0 Å². The van der Waals surface area contributed by atoms with E-state index in [0.29, 0.717) is 6.54 Å². The molecule has 2 aliphatic heterocycles. The topological polar surface area (TPSA) is 6.48 Å². The Hall–Kier alpha value is -1.00. The Morgan fingerprint density at radius 1 is 1.11 bits per heavy atom. The van der Waals surface area contributed by atoms with Crippen molar-refractivity contribution >= 4 is 0 Å². The molecule has 1 aromatic rings. The van der Waals surface area contributed by atoms with Gasteiger partial charge in [0.25, 0.3) is 5.92 Å². The molecule has 2 nitrogen and oxygen atoms in total. The minimum Gasteiger partial charge on any atom is -0.297 e. The summed E-state index contributed by atoms with van der Waals surface area (Å²) >= 11 is 0. The van der Waals surface area contributed by atoms with Crippen molar-refractivity contribution < 1.29 is 8.78 Å². The zero-order chi connectivity index (χ0) is 13.3. The molecular formula is C15H20F2N2. The Morgan fingerprint density at radius 2 is 1.89 bits per heavy atom. The van der Waals surface area contributed by atoms with Crippen molar-refractivity contribution in [2.45, 2.75) is 31.4 Å². The molecule has 3 rings (SSSR count). The SMILES string of the molecule is FC1(F)CCN2CCN(Cc3ccccc3)CC2C1. The third-order valence-electron chi connectivity index (χ3n) is 4.24. The van der Waals surface area contributed by atoms with E-state index in [1.54, 1.807) is 0 Å². The van der Waals surface area contributed by atoms with Crippen LogP contribution in [0.15, 0.2) is 30.3 Å². The lowest BCUT2D eigenvalue weighted by Crippen LogP contribution is -2.57. The molecule has 1 aromatic carbocycles. The first-order valence-electron chi connectivity index (χ1n) is 7.01. The van der Waals surface area contributed by atoms with E-state index < -0.39 is 5.92 Å². The molecule has 2 heterocycles. The number of piperazine rings is 1. The van der Waals surface area contributed by atoms with Gasteiger partial charge in [0.2, 0.25) is 0 Å². The molecule has 0 radical (unpaired) electrons.